The standard InChI is InChI=1S/C5H10N2O.C2H6.CH5N/c1-3(6)5(7)4(2)8;2*1-2/h5-6H,7H2,1-2H3;1-2H3;2H2,1H3. The number of hydrogen-bond acceptors (Lipinski definition) is 4. The number of ketones is 1. The van der Waals surface area contributed by atoms with Gasteiger partial charge in [0.1, 0.15) is 6.04 Å². The maximum Gasteiger partial charge on any atom is 0.152 e. The first-order valence-electron chi connectivity index (χ1n) is 3.94. The van der Waals surface area contributed by atoms with E-state index in [2.05, 4.69) is 5.73 Å². The molecule has 74 valence electrons. The summed E-state index contributed by atoms with van der Waals surface area (Å²) >= 11 is 0. The van der Waals surface area contributed by atoms with Gasteiger partial charge in [0.15, 0.2) is 5.78 Å². The molecule has 4 nitrogen and oxygen atoms in total. The monoisotopic (exact) mass is 175 g/mol. The molecule has 0 saturated carbocycles. The summed E-state index contributed by atoms with van der Waals surface area (Å²) in [6.07, 6.45) is 0. The average Bonchev–Trinajstić information content (AvgIpc) is 2.10. The molecule has 5 N–H and O–H groups in total. The largest absolute Gasteiger partial charge is 0.333 e. The SMILES string of the molecule is CC.CC(=N)C(N)C(C)=O.CN. The quantitative estimate of drug-likeness (QED) is 0.535. The van der Waals surface area contributed by atoms with Crippen molar-refractivity contribution in [3.8, 4) is 0 Å². The van der Waals surface area contributed by atoms with Gasteiger partial charge in [-0.3, -0.25) is 4.79 Å². The molecule has 1 unspecified atom stereocenters. The number of nitrogens with one attached hydrogen (secondary N) is 1. The van der Waals surface area contributed by atoms with E-state index in [1.807, 2.05) is 13.8 Å². The Labute approximate surface area is 74.8 Å². The van der Waals surface area contributed by atoms with Crippen LogP contribution in [0.2, 0.25) is 0 Å². The Kier molecular flexibility index (Phi) is 18.7. The van der Waals surface area contributed by atoms with Crippen LogP contribution in [-0.4, -0.2) is 24.6 Å². The minimum Gasteiger partial charge on any atom is -0.333 e. The lowest BCUT2D eigenvalue weighted by Gasteiger charge is -2.01. The van der Waals surface area contributed by atoms with Crippen molar-refractivity contribution in [1.82, 2.24) is 0 Å². The van der Waals surface area contributed by atoms with Gasteiger partial charge < -0.3 is 16.9 Å². The van der Waals surface area contributed by atoms with Gasteiger partial charge in [-0.05, 0) is 20.9 Å². The zero-order valence-corrected chi connectivity index (χ0v) is 8.64. The van der Waals surface area contributed by atoms with E-state index in [1.54, 1.807) is 0 Å². The molecule has 0 rings (SSSR count). The number of rotatable bonds is 2. The molecule has 0 aromatic rings. The molecule has 0 fully saturated rings. The average molecular weight is 175 g/mol. The predicted octanol–water partition coefficient (Wildman–Crippen LogP) is 0.543. The van der Waals surface area contributed by atoms with Gasteiger partial charge in [-0.1, -0.05) is 13.8 Å². The fourth-order valence-electron chi connectivity index (χ4n) is 0.305. The van der Waals surface area contributed by atoms with Crippen molar-refractivity contribution in [2.45, 2.75) is 33.7 Å². The fraction of sp³-hybridized carbons (Fsp3) is 0.750. The Morgan fingerprint density at radius 1 is 1.25 bits per heavy atom. The van der Waals surface area contributed by atoms with Crippen molar-refractivity contribution >= 4 is 11.5 Å². The second-order valence-corrected chi connectivity index (χ2v) is 1.77. The molecular weight excluding hydrogens is 154 g/mol. The van der Waals surface area contributed by atoms with E-state index < -0.39 is 6.04 Å². The van der Waals surface area contributed by atoms with Crippen molar-refractivity contribution in [3.05, 3.63) is 0 Å². The highest BCUT2D eigenvalue weighted by atomic mass is 16.1. The minimum absolute atomic E-state index is 0.155. The van der Waals surface area contributed by atoms with E-state index in [0.717, 1.165) is 0 Å². The predicted molar refractivity (Wildman–Crippen MR) is 53.5 cm³/mol. The first-order chi connectivity index (χ1) is 5.55. The summed E-state index contributed by atoms with van der Waals surface area (Å²) in [4.78, 5) is 10.3. The maximum absolute atomic E-state index is 10.3. The van der Waals surface area contributed by atoms with Crippen LogP contribution in [0.25, 0.3) is 0 Å². The first-order valence-corrected chi connectivity index (χ1v) is 3.94. The highest BCUT2D eigenvalue weighted by molar-refractivity contribution is 6.05. The Morgan fingerprint density at radius 2 is 1.50 bits per heavy atom. The van der Waals surface area contributed by atoms with Crippen molar-refractivity contribution < 1.29 is 4.79 Å². The smallest absolute Gasteiger partial charge is 0.152 e. The molecule has 0 aromatic carbocycles. The van der Waals surface area contributed by atoms with Crippen LogP contribution >= 0.6 is 0 Å². The summed E-state index contributed by atoms with van der Waals surface area (Å²) < 4.78 is 0. The summed E-state index contributed by atoms with van der Waals surface area (Å²) in [7, 11) is 1.50. The lowest BCUT2D eigenvalue weighted by atomic mass is 10.1. The molecule has 0 saturated heterocycles. The van der Waals surface area contributed by atoms with Gasteiger partial charge in [0.25, 0.3) is 0 Å². The molecule has 12 heavy (non-hydrogen) atoms. The molecule has 0 aliphatic rings. The van der Waals surface area contributed by atoms with E-state index in [4.69, 9.17) is 11.1 Å². The lowest BCUT2D eigenvalue weighted by Crippen LogP contribution is -2.34. The fourth-order valence-corrected chi connectivity index (χ4v) is 0.305. The second kappa shape index (κ2) is 12.9. The van der Waals surface area contributed by atoms with Gasteiger partial charge >= 0.3 is 0 Å². The van der Waals surface area contributed by atoms with E-state index in [9.17, 15) is 4.79 Å². The van der Waals surface area contributed by atoms with E-state index in [-0.39, 0.29) is 11.5 Å². The topological polar surface area (TPSA) is 93.0 Å². The summed E-state index contributed by atoms with van der Waals surface area (Å²) in [6, 6.07) is -0.685. The zero-order chi connectivity index (χ0) is 10.7. The summed E-state index contributed by atoms with van der Waals surface area (Å²) in [6.45, 7) is 6.90. The molecule has 0 heterocycles. The van der Waals surface area contributed by atoms with Crippen LogP contribution in [0.4, 0.5) is 0 Å². The first kappa shape index (κ1) is 17.4. The van der Waals surface area contributed by atoms with E-state index in [0.29, 0.717) is 0 Å². The van der Waals surface area contributed by atoms with Crippen LogP contribution in [-0.2, 0) is 4.79 Å². The third-order valence-corrected chi connectivity index (χ3v) is 0.904. The highest BCUT2D eigenvalue weighted by Crippen LogP contribution is 1.81. The molecule has 0 radical (unpaired) electrons. The third kappa shape index (κ3) is 12.0. The molecule has 0 bridgehead atoms. The Bertz CT molecular complexity index is 109. The summed E-state index contributed by atoms with van der Waals surface area (Å²) in [5.74, 6) is -0.155. The molecule has 0 aliphatic carbocycles. The van der Waals surface area contributed by atoms with Gasteiger partial charge in [0.05, 0.1) is 0 Å². The molecule has 0 amide bonds. The van der Waals surface area contributed by atoms with Crippen LogP contribution in [0.3, 0.4) is 0 Å². The van der Waals surface area contributed by atoms with Gasteiger partial charge in [-0.15, -0.1) is 0 Å². The molecule has 0 spiro atoms. The molecule has 4 heteroatoms. The number of Topliss-reactive ketones (excluding diaryl/α,β-unsaturated/α-hetero) is 1. The van der Waals surface area contributed by atoms with Gasteiger partial charge in [0, 0.05) is 5.71 Å². The van der Waals surface area contributed by atoms with Gasteiger partial charge in [0.2, 0.25) is 0 Å². The second-order valence-electron chi connectivity index (χ2n) is 1.77. The van der Waals surface area contributed by atoms with Gasteiger partial charge in [-0.2, -0.15) is 0 Å². The van der Waals surface area contributed by atoms with E-state index >= 15 is 0 Å². The molecule has 1 atom stereocenters. The van der Waals surface area contributed by atoms with E-state index in [1.165, 1.54) is 20.9 Å². The van der Waals surface area contributed by atoms with Crippen LogP contribution in [0.15, 0.2) is 0 Å². The summed E-state index contributed by atoms with van der Waals surface area (Å²) in [5.41, 5.74) is 9.91. The van der Waals surface area contributed by atoms with Crippen LogP contribution in [0.5, 0.6) is 0 Å². The number of nitrogens with two attached hydrogens (primary N) is 2. The Balaban J connectivity index is -0.000000175. The van der Waals surface area contributed by atoms with Crippen molar-refractivity contribution in [1.29, 1.82) is 5.41 Å². The zero-order valence-electron chi connectivity index (χ0n) is 8.64. The Hall–Kier alpha value is -0.740. The van der Waals surface area contributed by atoms with Gasteiger partial charge in [-0.25, -0.2) is 0 Å². The van der Waals surface area contributed by atoms with Crippen molar-refractivity contribution in [2.75, 3.05) is 7.05 Å². The molecule has 0 aliphatic heterocycles. The van der Waals surface area contributed by atoms with Crippen LogP contribution in [0, 0.1) is 5.41 Å². The minimum atomic E-state index is -0.685. The maximum atomic E-state index is 10.3. The molecular formula is C8H21N3O. The van der Waals surface area contributed by atoms with Crippen molar-refractivity contribution in [3.63, 3.8) is 0 Å². The third-order valence-electron chi connectivity index (χ3n) is 0.904. The number of hydrogen-bond donors (Lipinski definition) is 3. The molecule has 0 aromatic heterocycles. The number of carbonyl (C=O) groups excluding carboxylic acids is 1. The van der Waals surface area contributed by atoms with Crippen LogP contribution in [0.1, 0.15) is 27.7 Å². The lowest BCUT2D eigenvalue weighted by molar-refractivity contribution is -0.116. The normalized spacial score (nSPS) is 9.58. The highest BCUT2D eigenvalue weighted by Gasteiger charge is 2.08. The summed E-state index contributed by atoms with van der Waals surface area (Å²) in [5, 5.41) is 6.88. The number of carbonyl (C=O) groups is 1. The van der Waals surface area contributed by atoms with Crippen LogP contribution < -0.4 is 11.5 Å². The Morgan fingerprint density at radius 3 is 1.50 bits per heavy atom. The van der Waals surface area contributed by atoms with Crippen molar-refractivity contribution in [2.24, 2.45) is 11.5 Å².